The first-order valence-electron chi connectivity index (χ1n) is 9.12. The minimum absolute atomic E-state index is 0.130. The van der Waals surface area contributed by atoms with E-state index in [4.69, 9.17) is 0 Å². The van der Waals surface area contributed by atoms with Gasteiger partial charge >= 0.3 is 12.1 Å². The molecule has 6 nitrogen and oxygen atoms in total. The number of aryl methyl sites for hydroxylation is 1. The number of hydrogen-bond acceptors (Lipinski definition) is 3. The predicted octanol–water partition coefficient (Wildman–Crippen LogP) is 4.58. The number of nitrogens with one attached hydrogen (secondary N) is 1. The molecule has 0 aliphatic heterocycles. The summed E-state index contributed by atoms with van der Waals surface area (Å²) in [7, 11) is 0. The van der Waals surface area contributed by atoms with Gasteiger partial charge in [0, 0.05) is 22.5 Å². The molecule has 0 radical (unpaired) electrons. The van der Waals surface area contributed by atoms with E-state index in [9.17, 15) is 27.9 Å². The second kappa shape index (κ2) is 8.47. The number of aromatic carboxylic acids is 1. The highest BCUT2D eigenvalue weighted by Crippen LogP contribution is 2.29. The molecule has 1 aromatic heterocycles. The van der Waals surface area contributed by atoms with Crippen molar-refractivity contribution in [3.63, 3.8) is 0 Å². The normalized spacial score (nSPS) is 11.6. The molecule has 160 valence electrons. The van der Waals surface area contributed by atoms with E-state index < -0.39 is 23.6 Å². The molecule has 0 unspecified atom stereocenters. The number of hydrazone groups is 1. The van der Waals surface area contributed by atoms with E-state index in [0.29, 0.717) is 16.9 Å². The van der Waals surface area contributed by atoms with Crippen molar-refractivity contribution in [1.29, 1.82) is 0 Å². The third kappa shape index (κ3) is 4.66. The quantitative estimate of drug-likeness (QED) is 0.460. The van der Waals surface area contributed by atoms with E-state index >= 15 is 0 Å². The minimum Gasteiger partial charge on any atom is -0.478 e. The Morgan fingerprint density at radius 1 is 1.06 bits per heavy atom. The number of alkyl halides is 3. The average molecular weight is 429 g/mol. The van der Waals surface area contributed by atoms with Gasteiger partial charge in [0.2, 0.25) is 0 Å². The smallest absolute Gasteiger partial charge is 0.416 e. The molecule has 0 fully saturated rings. The molecule has 0 saturated carbocycles. The Balaban J connectivity index is 1.83. The largest absolute Gasteiger partial charge is 0.478 e. The highest BCUT2D eigenvalue weighted by Gasteiger charge is 2.30. The van der Waals surface area contributed by atoms with Gasteiger partial charge in [-0.1, -0.05) is 18.2 Å². The lowest BCUT2D eigenvalue weighted by Gasteiger charge is -2.12. The Labute approximate surface area is 175 Å². The molecule has 2 N–H and O–H groups in total. The van der Waals surface area contributed by atoms with E-state index in [0.717, 1.165) is 23.9 Å². The van der Waals surface area contributed by atoms with Crippen molar-refractivity contribution >= 4 is 18.1 Å². The Morgan fingerprint density at radius 2 is 1.77 bits per heavy atom. The zero-order chi connectivity index (χ0) is 22.8. The number of nitrogens with zero attached hydrogens (tertiary/aromatic N) is 2. The second-order valence-electron chi connectivity index (χ2n) is 6.76. The first-order valence-corrected chi connectivity index (χ1v) is 9.12. The summed E-state index contributed by atoms with van der Waals surface area (Å²) in [5.41, 5.74) is 3.77. The average Bonchev–Trinajstić information content (AvgIpc) is 3.00. The van der Waals surface area contributed by atoms with Crippen LogP contribution in [0.15, 0.2) is 59.7 Å². The fourth-order valence-corrected chi connectivity index (χ4v) is 3.20. The van der Waals surface area contributed by atoms with Gasteiger partial charge in [-0.15, -0.1) is 0 Å². The molecule has 9 heteroatoms. The van der Waals surface area contributed by atoms with Crippen LogP contribution in [0.3, 0.4) is 0 Å². The van der Waals surface area contributed by atoms with Gasteiger partial charge in [-0.3, -0.25) is 4.79 Å². The first-order chi connectivity index (χ1) is 14.6. The summed E-state index contributed by atoms with van der Waals surface area (Å²) < 4.78 is 40.2. The van der Waals surface area contributed by atoms with Crippen LogP contribution in [0.2, 0.25) is 0 Å². The van der Waals surface area contributed by atoms with Crippen LogP contribution in [0.25, 0.3) is 5.69 Å². The van der Waals surface area contributed by atoms with Crippen molar-refractivity contribution in [3.05, 3.63) is 88.2 Å². The lowest BCUT2D eigenvalue weighted by Crippen LogP contribution is -2.18. The molecule has 0 atom stereocenters. The monoisotopic (exact) mass is 429 g/mol. The van der Waals surface area contributed by atoms with Gasteiger partial charge in [0.05, 0.1) is 23.0 Å². The molecule has 1 amide bonds. The Kier molecular flexibility index (Phi) is 5.96. The van der Waals surface area contributed by atoms with Gasteiger partial charge < -0.3 is 9.67 Å². The second-order valence-corrected chi connectivity index (χ2v) is 6.76. The number of para-hydroxylation sites is 1. The highest BCUT2D eigenvalue weighted by molar-refractivity contribution is 5.95. The lowest BCUT2D eigenvalue weighted by molar-refractivity contribution is -0.137. The van der Waals surface area contributed by atoms with Crippen LogP contribution in [-0.4, -0.2) is 27.8 Å². The van der Waals surface area contributed by atoms with Crippen molar-refractivity contribution in [3.8, 4) is 5.69 Å². The Morgan fingerprint density at radius 3 is 2.45 bits per heavy atom. The van der Waals surface area contributed by atoms with Crippen LogP contribution in [0, 0.1) is 13.8 Å². The zero-order valence-electron chi connectivity index (χ0n) is 16.6. The number of aromatic nitrogens is 1. The molecule has 0 aliphatic rings. The van der Waals surface area contributed by atoms with Crippen molar-refractivity contribution in [2.24, 2.45) is 5.10 Å². The first kappa shape index (κ1) is 21.8. The van der Waals surface area contributed by atoms with Crippen molar-refractivity contribution in [2.75, 3.05) is 0 Å². The molecule has 1 heterocycles. The Bertz CT molecular complexity index is 1180. The Hall–Kier alpha value is -3.88. The number of carboxylic acids is 1. The van der Waals surface area contributed by atoms with E-state index in [2.05, 4.69) is 10.5 Å². The van der Waals surface area contributed by atoms with E-state index in [-0.39, 0.29) is 11.1 Å². The number of hydrogen-bond donors (Lipinski definition) is 2. The molecule has 0 spiro atoms. The van der Waals surface area contributed by atoms with Gasteiger partial charge in [0.25, 0.3) is 5.91 Å². The molecule has 0 saturated heterocycles. The number of halogens is 3. The van der Waals surface area contributed by atoms with E-state index in [1.165, 1.54) is 18.3 Å². The molecule has 3 aromatic rings. The summed E-state index contributed by atoms with van der Waals surface area (Å²) in [4.78, 5) is 23.7. The molecule has 0 aliphatic carbocycles. The maximum Gasteiger partial charge on any atom is 0.416 e. The van der Waals surface area contributed by atoms with Crippen LogP contribution in [0.5, 0.6) is 0 Å². The van der Waals surface area contributed by atoms with Crippen LogP contribution in [0.1, 0.15) is 43.2 Å². The van der Waals surface area contributed by atoms with E-state index in [1.807, 2.05) is 0 Å². The summed E-state index contributed by atoms with van der Waals surface area (Å²) in [5, 5.41) is 13.3. The number of rotatable bonds is 5. The summed E-state index contributed by atoms with van der Waals surface area (Å²) >= 11 is 0. The number of carboxylic acid groups (broad SMARTS) is 1. The van der Waals surface area contributed by atoms with Crippen molar-refractivity contribution in [1.82, 2.24) is 9.99 Å². The van der Waals surface area contributed by atoms with Gasteiger partial charge in [-0.05, 0) is 50.2 Å². The molecule has 3 rings (SSSR count). The fourth-order valence-electron chi connectivity index (χ4n) is 3.20. The summed E-state index contributed by atoms with van der Waals surface area (Å²) in [6.45, 7) is 3.56. The minimum atomic E-state index is -4.55. The molecule has 0 bridgehead atoms. The molecule has 2 aromatic carbocycles. The number of carbonyl (C=O) groups is 2. The summed E-state index contributed by atoms with van der Waals surface area (Å²) in [6, 6.07) is 12.3. The van der Waals surface area contributed by atoms with Gasteiger partial charge in [-0.2, -0.15) is 18.3 Å². The third-order valence-electron chi connectivity index (χ3n) is 4.67. The van der Waals surface area contributed by atoms with Crippen LogP contribution in [-0.2, 0) is 6.18 Å². The number of carbonyl (C=O) groups excluding carboxylic acids is 1. The number of benzene rings is 2. The van der Waals surface area contributed by atoms with Gasteiger partial charge in [0.1, 0.15) is 0 Å². The lowest BCUT2D eigenvalue weighted by atomic mass is 10.1. The third-order valence-corrected chi connectivity index (χ3v) is 4.67. The van der Waals surface area contributed by atoms with Crippen LogP contribution >= 0.6 is 0 Å². The summed E-state index contributed by atoms with van der Waals surface area (Å²) in [6.07, 6.45) is -3.20. The van der Waals surface area contributed by atoms with Crippen molar-refractivity contribution < 1.29 is 27.9 Å². The van der Waals surface area contributed by atoms with Crippen LogP contribution in [0.4, 0.5) is 13.2 Å². The SMILES string of the molecule is Cc1cc(/C=N\NC(=O)c2cccc(C(F)(F)F)c2)c(C)n1-c1ccccc1C(=O)O. The maximum atomic E-state index is 12.8. The summed E-state index contributed by atoms with van der Waals surface area (Å²) in [5.74, 6) is -1.85. The molecular weight excluding hydrogens is 411 g/mol. The zero-order valence-corrected chi connectivity index (χ0v) is 16.6. The molecule has 31 heavy (non-hydrogen) atoms. The standard InChI is InChI=1S/C22H18F3N3O3/c1-13-10-16(14(2)28(13)19-9-4-3-8-18(19)21(30)31)12-26-27-20(29)15-6-5-7-17(11-15)22(23,24)25/h3-12H,1-2H3,(H,27,29)(H,30,31)/b26-12-. The van der Waals surface area contributed by atoms with Gasteiger partial charge in [-0.25, -0.2) is 10.2 Å². The van der Waals surface area contributed by atoms with Crippen LogP contribution < -0.4 is 5.43 Å². The fraction of sp³-hybridized carbons (Fsp3) is 0.136. The highest BCUT2D eigenvalue weighted by atomic mass is 19.4. The number of amides is 1. The van der Waals surface area contributed by atoms with Crippen molar-refractivity contribution in [2.45, 2.75) is 20.0 Å². The topological polar surface area (TPSA) is 83.7 Å². The van der Waals surface area contributed by atoms with E-state index in [1.54, 1.807) is 42.7 Å². The molecular formula is C22H18F3N3O3. The maximum absolute atomic E-state index is 12.8. The van der Waals surface area contributed by atoms with Gasteiger partial charge in [0.15, 0.2) is 0 Å². The predicted molar refractivity (Wildman–Crippen MR) is 109 cm³/mol.